The maximum absolute atomic E-state index is 14.2. The van der Waals surface area contributed by atoms with Gasteiger partial charge in [0.2, 0.25) is 0 Å². The van der Waals surface area contributed by atoms with Crippen molar-refractivity contribution in [1.29, 1.82) is 0 Å². The van der Waals surface area contributed by atoms with Crippen molar-refractivity contribution >= 4 is 70.2 Å². The highest BCUT2D eigenvalue weighted by Gasteiger charge is 2.67. The lowest BCUT2D eigenvalue weighted by Crippen LogP contribution is -2.12. The van der Waals surface area contributed by atoms with Crippen LogP contribution < -0.4 is 0 Å². The molecule has 8 unspecified atom stereocenters. The van der Waals surface area contributed by atoms with Gasteiger partial charge in [-0.2, -0.15) is 0 Å². The summed E-state index contributed by atoms with van der Waals surface area (Å²) in [5.74, 6) is -3.18. The fourth-order valence-electron chi connectivity index (χ4n) is 13.9. The lowest BCUT2D eigenvalue weighted by Gasteiger charge is -2.08. The predicted molar refractivity (Wildman–Crippen MR) is 278 cm³/mol. The molecule has 0 amide bonds. The number of hydrogen-bond donors (Lipinski definition) is 2. The van der Waals surface area contributed by atoms with Gasteiger partial charge in [-0.05, 0) is 95.9 Å². The molecular formula is C60H74N4O8. The van der Waals surface area contributed by atoms with E-state index in [4.69, 9.17) is 28.9 Å². The van der Waals surface area contributed by atoms with E-state index in [1.165, 1.54) is 0 Å². The van der Waals surface area contributed by atoms with Crippen LogP contribution in [0, 0.1) is 45.3 Å². The second-order valence-electron chi connectivity index (χ2n) is 24.7. The van der Waals surface area contributed by atoms with Crippen LogP contribution in [0.3, 0.4) is 0 Å². The number of ether oxygens (including phenoxy) is 4. The molecule has 382 valence electrons. The van der Waals surface area contributed by atoms with Gasteiger partial charge in [-0.15, -0.1) is 0 Å². The SMILES string of the molecule is CC1(C)C2C(=O)OCCCCCCCCOC(=O)C3C(c4c5nc(c(c6ccc([nH]6)c6c7nc(c(c8ccc4[nH]8)C4C(C(=O)OCCCCCCCCOC(=O)C8C6C8(C)C)C4(C)C)C=C7)C21)C=C5)C3(C)C. The number of carbonyl (C=O) groups excluding carboxylic acids is 4. The van der Waals surface area contributed by atoms with Crippen molar-refractivity contribution in [2.45, 2.75) is 156 Å². The minimum absolute atomic E-state index is 0.186. The maximum atomic E-state index is 14.2. The normalized spacial score (nSPS) is 30.8. The summed E-state index contributed by atoms with van der Waals surface area (Å²) in [5, 5.41) is 0. The van der Waals surface area contributed by atoms with Crippen LogP contribution in [0.5, 0.6) is 0 Å². The van der Waals surface area contributed by atoms with Crippen molar-refractivity contribution in [3.63, 3.8) is 0 Å². The molecule has 0 spiro atoms. The summed E-state index contributed by atoms with van der Waals surface area (Å²) in [7, 11) is 0. The fraction of sp³-hybridized carbons (Fsp3) is 0.600. The molecule has 4 aliphatic heterocycles. The maximum Gasteiger partial charge on any atom is 0.310 e. The fourth-order valence-corrected chi connectivity index (χ4v) is 13.9. The Labute approximate surface area is 423 Å². The lowest BCUT2D eigenvalue weighted by atomic mass is 10.0. The number of nitrogens with zero attached hydrogens (tertiary/aromatic N) is 2. The Morgan fingerprint density at radius 1 is 0.347 bits per heavy atom. The Balaban J connectivity index is 1.18. The van der Waals surface area contributed by atoms with E-state index in [2.05, 4.69) is 114 Å². The topological polar surface area (TPSA) is 163 Å². The van der Waals surface area contributed by atoms with Crippen molar-refractivity contribution in [2.24, 2.45) is 45.3 Å². The van der Waals surface area contributed by atoms with E-state index in [0.717, 1.165) is 144 Å². The monoisotopic (exact) mass is 979 g/mol. The van der Waals surface area contributed by atoms with Gasteiger partial charge in [0, 0.05) is 68.0 Å². The molecule has 11 rings (SSSR count). The zero-order valence-corrected chi connectivity index (χ0v) is 43.7. The van der Waals surface area contributed by atoms with E-state index < -0.39 is 21.7 Å². The minimum atomic E-state index is -0.435. The van der Waals surface area contributed by atoms with Gasteiger partial charge in [0.05, 0.1) is 72.9 Å². The van der Waals surface area contributed by atoms with Crippen molar-refractivity contribution in [2.75, 3.05) is 26.4 Å². The average molecular weight is 979 g/mol. The van der Waals surface area contributed by atoms with Crippen LogP contribution in [-0.2, 0) is 38.1 Å². The molecule has 2 N–H and O–H groups in total. The first-order valence-electron chi connectivity index (χ1n) is 27.3. The zero-order valence-electron chi connectivity index (χ0n) is 43.7. The number of aromatic nitrogens is 4. The van der Waals surface area contributed by atoms with Crippen molar-refractivity contribution in [3.8, 4) is 0 Å². The van der Waals surface area contributed by atoms with E-state index >= 15 is 0 Å². The molecule has 72 heavy (non-hydrogen) atoms. The molecule has 12 heteroatoms. The van der Waals surface area contributed by atoms with Gasteiger partial charge in [-0.3, -0.25) is 19.2 Å². The smallest absolute Gasteiger partial charge is 0.310 e. The molecular weight excluding hydrogens is 905 g/mol. The molecule has 8 aliphatic rings. The number of aromatic amines is 2. The largest absolute Gasteiger partial charge is 0.465 e. The van der Waals surface area contributed by atoms with Gasteiger partial charge in [0.25, 0.3) is 0 Å². The number of H-pyrrole nitrogens is 2. The van der Waals surface area contributed by atoms with Crippen LogP contribution in [0.2, 0.25) is 0 Å². The van der Waals surface area contributed by atoms with Gasteiger partial charge >= 0.3 is 23.9 Å². The summed E-state index contributed by atoms with van der Waals surface area (Å²) >= 11 is 0. The predicted octanol–water partition coefficient (Wildman–Crippen LogP) is 12.5. The molecule has 3 aromatic heterocycles. The molecule has 0 aromatic carbocycles. The minimum Gasteiger partial charge on any atom is -0.465 e. The molecule has 0 saturated heterocycles. The number of fused-ring (bicyclic) bond motifs is 16. The second kappa shape index (κ2) is 18.1. The first-order valence-corrected chi connectivity index (χ1v) is 27.3. The Hall–Kier alpha value is -5.52. The second-order valence-corrected chi connectivity index (χ2v) is 24.7. The van der Waals surface area contributed by atoms with E-state index in [1.54, 1.807) is 0 Å². The first-order chi connectivity index (χ1) is 34.5. The van der Waals surface area contributed by atoms with Crippen molar-refractivity contribution in [3.05, 3.63) is 69.3 Å². The Morgan fingerprint density at radius 3 is 0.778 bits per heavy atom. The molecule has 4 fully saturated rings. The highest BCUT2D eigenvalue weighted by molar-refractivity contribution is 5.91. The van der Waals surface area contributed by atoms with Crippen LogP contribution in [0.25, 0.3) is 46.4 Å². The Bertz CT molecular complexity index is 2570. The van der Waals surface area contributed by atoms with E-state index in [1.807, 2.05) is 0 Å². The molecule has 3 aromatic rings. The molecule has 12 bridgehead atoms. The summed E-state index contributed by atoms with van der Waals surface area (Å²) < 4.78 is 24.3. The molecule has 12 nitrogen and oxygen atoms in total. The molecule has 8 atom stereocenters. The molecule has 0 radical (unpaired) electrons. The highest BCUT2D eigenvalue weighted by Crippen LogP contribution is 2.70. The number of cyclic esters (lactones) is 4. The van der Waals surface area contributed by atoms with E-state index in [9.17, 15) is 19.2 Å². The summed E-state index contributed by atoms with van der Waals surface area (Å²) in [6, 6.07) is 8.36. The first kappa shape index (κ1) is 48.7. The summed E-state index contributed by atoms with van der Waals surface area (Å²) in [6.07, 6.45) is 19.4. The van der Waals surface area contributed by atoms with E-state index in [-0.39, 0.29) is 71.2 Å². The van der Waals surface area contributed by atoms with Crippen molar-refractivity contribution in [1.82, 2.24) is 19.9 Å². The van der Waals surface area contributed by atoms with Crippen LogP contribution >= 0.6 is 0 Å². The summed E-state index contributed by atoms with van der Waals surface area (Å²) in [5.41, 5.74) is 8.24. The lowest BCUT2D eigenvalue weighted by molar-refractivity contribution is -0.147. The van der Waals surface area contributed by atoms with Gasteiger partial charge in [0.1, 0.15) is 0 Å². The third-order valence-corrected chi connectivity index (χ3v) is 18.5. The summed E-state index contributed by atoms with van der Waals surface area (Å²) in [4.78, 5) is 75.6. The van der Waals surface area contributed by atoms with Crippen LogP contribution in [0.4, 0.5) is 0 Å². The standard InChI is InChI=1S/C60H74N4O8/c1-57(2)45-41-33-21-22-34(61-33)42(46-50(58(46,3)4)54(66)70-30-18-14-10-9-13-17-29-69-53(65)49(45)57)39-27-28-40(64-39)44-36-24-23-35(62-36)43(38-26-25-37(41)63-38)47-51(59(47,5)6)55(67)71-31-19-15-11-12-16-20-32-72-56(68)52-48(44)60(52,7)8/h21-28,45-52,63-64H,9-20,29-32H2,1-8H3. The van der Waals surface area contributed by atoms with Crippen molar-refractivity contribution < 1.29 is 38.1 Å². The molecule has 7 heterocycles. The number of carbonyl (C=O) groups is 4. The van der Waals surface area contributed by atoms with Gasteiger partial charge < -0.3 is 28.9 Å². The summed E-state index contributed by atoms with van der Waals surface area (Å²) in [6.45, 7) is 18.7. The quantitative estimate of drug-likeness (QED) is 0.113. The Morgan fingerprint density at radius 2 is 0.556 bits per heavy atom. The third kappa shape index (κ3) is 8.34. The zero-order chi connectivity index (χ0) is 50.5. The third-order valence-electron chi connectivity index (χ3n) is 18.5. The molecule has 4 saturated carbocycles. The molecule has 4 aliphatic carbocycles. The number of rotatable bonds is 0. The van der Waals surface area contributed by atoms with Crippen LogP contribution in [-0.4, -0.2) is 70.2 Å². The number of esters is 4. The van der Waals surface area contributed by atoms with Crippen LogP contribution in [0.15, 0.2) is 24.3 Å². The van der Waals surface area contributed by atoms with Crippen LogP contribution in [0.1, 0.15) is 201 Å². The number of nitrogens with one attached hydrogen (secondary N) is 2. The average Bonchev–Trinajstić information content (AvgIpc) is 3.95. The number of hydrogen-bond acceptors (Lipinski definition) is 10. The van der Waals surface area contributed by atoms with Gasteiger partial charge in [0.15, 0.2) is 0 Å². The van der Waals surface area contributed by atoms with Gasteiger partial charge in [-0.1, -0.05) is 107 Å². The van der Waals surface area contributed by atoms with Gasteiger partial charge in [-0.25, -0.2) is 9.97 Å². The highest BCUT2D eigenvalue weighted by atomic mass is 16.5. The van der Waals surface area contributed by atoms with E-state index in [0.29, 0.717) is 26.4 Å². The Kier molecular flexibility index (Phi) is 12.3.